The van der Waals surface area contributed by atoms with Gasteiger partial charge < -0.3 is 10.2 Å². The molecule has 1 atom stereocenters. The van der Waals surface area contributed by atoms with Gasteiger partial charge in [0.05, 0.1) is 11.7 Å². The van der Waals surface area contributed by atoms with Crippen molar-refractivity contribution >= 4 is 5.91 Å². The standard InChI is InChI=1S/C18H20N6O/c1-23(2)17(14-7-4-3-5-8-14)12-19-18(25)15-9-6-10-16(11-15)24-13-20-21-22-24/h3-11,13,17H,12H2,1-2H3,(H,19,25)/t17-/m1/s1. The van der Waals surface area contributed by atoms with E-state index in [9.17, 15) is 4.79 Å². The van der Waals surface area contributed by atoms with Crippen LogP contribution >= 0.6 is 0 Å². The molecule has 2 aromatic carbocycles. The molecular formula is C18H20N6O. The molecule has 7 heteroatoms. The van der Waals surface area contributed by atoms with Crippen molar-refractivity contribution in [2.45, 2.75) is 6.04 Å². The van der Waals surface area contributed by atoms with Crippen molar-refractivity contribution in [1.82, 2.24) is 30.4 Å². The minimum absolute atomic E-state index is 0.104. The number of aromatic nitrogens is 4. The third-order valence-corrected chi connectivity index (χ3v) is 3.99. The third kappa shape index (κ3) is 4.07. The lowest BCUT2D eigenvalue weighted by molar-refractivity contribution is 0.0942. The van der Waals surface area contributed by atoms with Crippen molar-refractivity contribution in [2.75, 3.05) is 20.6 Å². The zero-order valence-corrected chi connectivity index (χ0v) is 14.2. The molecular weight excluding hydrogens is 316 g/mol. The van der Waals surface area contributed by atoms with Gasteiger partial charge in [-0.15, -0.1) is 5.10 Å². The van der Waals surface area contributed by atoms with E-state index in [0.717, 1.165) is 11.3 Å². The highest BCUT2D eigenvalue weighted by Gasteiger charge is 2.16. The van der Waals surface area contributed by atoms with Gasteiger partial charge in [-0.1, -0.05) is 36.4 Å². The summed E-state index contributed by atoms with van der Waals surface area (Å²) in [6.07, 6.45) is 1.49. The molecule has 0 saturated heterocycles. The molecule has 1 amide bonds. The van der Waals surface area contributed by atoms with Gasteiger partial charge in [0.1, 0.15) is 6.33 Å². The molecule has 1 aromatic heterocycles. The lowest BCUT2D eigenvalue weighted by atomic mass is 10.1. The summed E-state index contributed by atoms with van der Waals surface area (Å²) in [5.74, 6) is -0.127. The van der Waals surface area contributed by atoms with Crippen LogP contribution in [0.5, 0.6) is 0 Å². The molecule has 1 heterocycles. The molecule has 0 spiro atoms. The summed E-state index contributed by atoms with van der Waals surface area (Å²) < 4.78 is 1.52. The predicted octanol–water partition coefficient (Wildman–Crippen LogP) is 1.69. The maximum Gasteiger partial charge on any atom is 0.251 e. The Morgan fingerprint density at radius 2 is 1.96 bits per heavy atom. The molecule has 0 radical (unpaired) electrons. The van der Waals surface area contributed by atoms with Crippen LogP contribution in [0.3, 0.4) is 0 Å². The first-order chi connectivity index (χ1) is 12.1. The van der Waals surface area contributed by atoms with E-state index >= 15 is 0 Å². The van der Waals surface area contributed by atoms with E-state index in [1.54, 1.807) is 12.1 Å². The van der Waals surface area contributed by atoms with Crippen LogP contribution in [0, 0.1) is 0 Å². The van der Waals surface area contributed by atoms with Gasteiger partial charge >= 0.3 is 0 Å². The number of benzene rings is 2. The predicted molar refractivity (Wildman–Crippen MR) is 94.4 cm³/mol. The third-order valence-electron chi connectivity index (χ3n) is 3.99. The van der Waals surface area contributed by atoms with Crippen molar-refractivity contribution in [3.8, 4) is 5.69 Å². The Morgan fingerprint density at radius 1 is 1.16 bits per heavy atom. The molecule has 1 N–H and O–H groups in total. The van der Waals surface area contributed by atoms with E-state index in [1.165, 1.54) is 11.0 Å². The number of amides is 1. The second-order valence-corrected chi connectivity index (χ2v) is 5.90. The number of nitrogens with one attached hydrogen (secondary N) is 1. The Bertz CT molecular complexity index is 817. The van der Waals surface area contributed by atoms with Crippen LogP contribution in [0.15, 0.2) is 60.9 Å². The summed E-state index contributed by atoms with van der Waals surface area (Å²) in [4.78, 5) is 14.6. The Morgan fingerprint density at radius 3 is 2.64 bits per heavy atom. The molecule has 3 rings (SSSR count). The van der Waals surface area contributed by atoms with Crippen LogP contribution in [0.25, 0.3) is 5.69 Å². The fraction of sp³-hybridized carbons (Fsp3) is 0.222. The second-order valence-electron chi connectivity index (χ2n) is 5.90. The largest absolute Gasteiger partial charge is 0.350 e. The molecule has 0 aliphatic rings. The van der Waals surface area contributed by atoms with Crippen LogP contribution in [0.4, 0.5) is 0 Å². The summed E-state index contributed by atoms with van der Waals surface area (Å²) in [6, 6.07) is 17.4. The Balaban J connectivity index is 1.71. The van der Waals surface area contributed by atoms with Crippen LogP contribution in [0.2, 0.25) is 0 Å². The molecule has 0 fully saturated rings. The number of likely N-dealkylation sites (N-methyl/N-ethyl adjacent to an activating group) is 1. The van der Waals surface area contributed by atoms with Gasteiger partial charge in [-0.05, 0) is 48.3 Å². The molecule has 3 aromatic rings. The molecule has 0 bridgehead atoms. The maximum absolute atomic E-state index is 12.5. The highest BCUT2D eigenvalue weighted by Crippen LogP contribution is 2.17. The average molecular weight is 336 g/mol. The van der Waals surface area contributed by atoms with Gasteiger partial charge in [-0.3, -0.25) is 4.79 Å². The van der Waals surface area contributed by atoms with Crippen molar-refractivity contribution in [3.05, 3.63) is 72.1 Å². The van der Waals surface area contributed by atoms with E-state index in [1.807, 2.05) is 44.4 Å². The van der Waals surface area contributed by atoms with Crippen molar-refractivity contribution in [2.24, 2.45) is 0 Å². The molecule has 0 saturated carbocycles. The zero-order valence-electron chi connectivity index (χ0n) is 14.2. The molecule has 25 heavy (non-hydrogen) atoms. The Hall–Kier alpha value is -3.06. The zero-order chi connectivity index (χ0) is 17.6. The molecule has 128 valence electrons. The van der Waals surface area contributed by atoms with Gasteiger partial charge in [0.25, 0.3) is 5.91 Å². The summed E-state index contributed by atoms with van der Waals surface area (Å²) in [5, 5.41) is 14.1. The number of tetrazole rings is 1. The van der Waals surface area contributed by atoms with Crippen LogP contribution in [0.1, 0.15) is 22.0 Å². The van der Waals surface area contributed by atoms with Crippen LogP contribution in [-0.4, -0.2) is 51.7 Å². The number of carbonyl (C=O) groups is 1. The van der Waals surface area contributed by atoms with Crippen molar-refractivity contribution in [1.29, 1.82) is 0 Å². The van der Waals surface area contributed by atoms with E-state index in [0.29, 0.717) is 12.1 Å². The van der Waals surface area contributed by atoms with Gasteiger partial charge in [-0.2, -0.15) is 0 Å². The van der Waals surface area contributed by atoms with Gasteiger partial charge in [-0.25, -0.2) is 4.68 Å². The fourth-order valence-electron chi connectivity index (χ4n) is 2.63. The average Bonchev–Trinajstić information content (AvgIpc) is 3.17. The second kappa shape index (κ2) is 7.67. The Kier molecular flexibility index (Phi) is 5.15. The van der Waals surface area contributed by atoms with Crippen LogP contribution in [-0.2, 0) is 0 Å². The van der Waals surface area contributed by atoms with Crippen LogP contribution < -0.4 is 5.32 Å². The first kappa shape index (κ1) is 16.8. The Labute approximate surface area is 146 Å². The van der Waals surface area contributed by atoms with E-state index in [-0.39, 0.29) is 11.9 Å². The van der Waals surface area contributed by atoms with Crippen molar-refractivity contribution in [3.63, 3.8) is 0 Å². The van der Waals surface area contributed by atoms with E-state index < -0.39 is 0 Å². The molecule has 0 unspecified atom stereocenters. The lowest BCUT2D eigenvalue weighted by Gasteiger charge is -2.25. The fourth-order valence-corrected chi connectivity index (χ4v) is 2.63. The number of rotatable bonds is 6. The van der Waals surface area contributed by atoms with E-state index in [2.05, 4.69) is 37.9 Å². The normalized spacial score (nSPS) is 12.1. The first-order valence-electron chi connectivity index (χ1n) is 7.98. The van der Waals surface area contributed by atoms with Gasteiger partial charge in [0.15, 0.2) is 0 Å². The minimum Gasteiger partial charge on any atom is -0.350 e. The monoisotopic (exact) mass is 336 g/mol. The van der Waals surface area contributed by atoms with Crippen molar-refractivity contribution < 1.29 is 4.79 Å². The highest BCUT2D eigenvalue weighted by atomic mass is 16.1. The summed E-state index contributed by atoms with van der Waals surface area (Å²) in [5.41, 5.74) is 2.47. The maximum atomic E-state index is 12.5. The quantitative estimate of drug-likeness (QED) is 0.741. The number of hydrogen-bond acceptors (Lipinski definition) is 5. The molecule has 0 aliphatic heterocycles. The minimum atomic E-state index is -0.127. The SMILES string of the molecule is CN(C)[C@H](CNC(=O)c1cccc(-n2cnnn2)c1)c1ccccc1. The number of hydrogen-bond donors (Lipinski definition) is 1. The summed E-state index contributed by atoms with van der Waals surface area (Å²) >= 11 is 0. The molecule has 0 aliphatic carbocycles. The topological polar surface area (TPSA) is 75.9 Å². The summed E-state index contributed by atoms with van der Waals surface area (Å²) in [6.45, 7) is 0.519. The number of carbonyl (C=O) groups excluding carboxylic acids is 1. The van der Waals surface area contributed by atoms with Gasteiger partial charge in [0, 0.05) is 12.1 Å². The number of nitrogens with zero attached hydrogens (tertiary/aromatic N) is 5. The highest BCUT2D eigenvalue weighted by molar-refractivity contribution is 5.94. The summed E-state index contributed by atoms with van der Waals surface area (Å²) in [7, 11) is 4.00. The molecule has 7 nitrogen and oxygen atoms in total. The van der Waals surface area contributed by atoms with Gasteiger partial charge in [0.2, 0.25) is 0 Å². The van der Waals surface area contributed by atoms with E-state index in [4.69, 9.17) is 0 Å². The smallest absolute Gasteiger partial charge is 0.251 e. The lowest BCUT2D eigenvalue weighted by Crippen LogP contribution is -2.34. The first-order valence-corrected chi connectivity index (χ1v) is 7.98.